The Bertz CT molecular complexity index is 436. The highest BCUT2D eigenvalue weighted by molar-refractivity contribution is 7.07. The van der Waals surface area contributed by atoms with Gasteiger partial charge in [-0.25, -0.2) is 0 Å². The van der Waals surface area contributed by atoms with Gasteiger partial charge < -0.3 is 15.0 Å². The van der Waals surface area contributed by atoms with Crippen LogP contribution in [0.25, 0.3) is 0 Å². The van der Waals surface area contributed by atoms with Crippen LogP contribution in [0.4, 0.5) is 0 Å². The van der Waals surface area contributed by atoms with Crippen LogP contribution >= 0.6 is 11.3 Å². The highest BCUT2D eigenvalue weighted by atomic mass is 32.1. The van der Waals surface area contributed by atoms with Crippen molar-refractivity contribution < 1.29 is 5.11 Å². The predicted octanol–water partition coefficient (Wildman–Crippen LogP) is 2.39. The Morgan fingerprint density at radius 3 is 3.00 bits per heavy atom. The van der Waals surface area contributed by atoms with Crippen molar-refractivity contribution in [2.75, 3.05) is 6.54 Å². The molecule has 0 aliphatic rings. The molecule has 3 nitrogen and oxygen atoms in total. The lowest BCUT2D eigenvalue weighted by Gasteiger charge is -2.09. The third kappa shape index (κ3) is 3.43. The number of rotatable bonds is 6. The number of thiophene rings is 1. The number of aliphatic hydroxyl groups is 1. The molecule has 2 N–H and O–H groups in total. The van der Waals surface area contributed by atoms with E-state index in [4.69, 9.17) is 0 Å². The Morgan fingerprint density at radius 2 is 2.35 bits per heavy atom. The third-order valence-corrected chi connectivity index (χ3v) is 3.47. The lowest BCUT2D eigenvalue weighted by molar-refractivity contribution is 0.175. The van der Waals surface area contributed by atoms with E-state index in [0.29, 0.717) is 6.54 Å². The molecule has 1 unspecified atom stereocenters. The van der Waals surface area contributed by atoms with Gasteiger partial charge in [-0.15, -0.1) is 0 Å². The van der Waals surface area contributed by atoms with Crippen molar-refractivity contribution in [2.24, 2.45) is 0 Å². The van der Waals surface area contributed by atoms with Crippen LogP contribution in [-0.4, -0.2) is 16.2 Å². The Labute approximate surface area is 106 Å². The van der Waals surface area contributed by atoms with E-state index in [1.165, 1.54) is 5.56 Å². The van der Waals surface area contributed by atoms with E-state index in [2.05, 4.69) is 35.3 Å². The Kier molecular flexibility index (Phi) is 4.36. The van der Waals surface area contributed by atoms with Gasteiger partial charge in [0.1, 0.15) is 0 Å². The van der Waals surface area contributed by atoms with Gasteiger partial charge in [-0.2, -0.15) is 11.3 Å². The molecule has 0 saturated carbocycles. The van der Waals surface area contributed by atoms with E-state index >= 15 is 0 Å². The van der Waals surface area contributed by atoms with Crippen LogP contribution in [0.1, 0.15) is 24.2 Å². The quantitative estimate of drug-likeness (QED) is 0.826. The van der Waals surface area contributed by atoms with Crippen LogP contribution in [0.15, 0.2) is 35.3 Å². The zero-order valence-electron chi connectivity index (χ0n) is 9.97. The summed E-state index contributed by atoms with van der Waals surface area (Å²) in [4.78, 5) is 0. The first-order chi connectivity index (χ1) is 8.29. The SMILES string of the molecule is CCn1ccc(CNCC(O)c2ccsc2)c1. The van der Waals surface area contributed by atoms with Gasteiger partial charge in [0.25, 0.3) is 0 Å². The van der Waals surface area contributed by atoms with Gasteiger partial charge in [-0.05, 0) is 40.9 Å². The van der Waals surface area contributed by atoms with Gasteiger partial charge in [0.15, 0.2) is 0 Å². The van der Waals surface area contributed by atoms with Crippen LogP contribution in [0.3, 0.4) is 0 Å². The average Bonchev–Trinajstić information content (AvgIpc) is 3.00. The number of nitrogens with one attached hydrogen (secondary N) is 1. The molecule has 2 heterocycles. The Morgan fingerprint density at radius 1 is 1.47 bits per heavy atom. The molecule has 0 radical (unpaired) electrons. The van der Waals surface area contributed by atoms with E-state index in [0.717, 1.165) is 18.7 Å². The smallest absolute Gasteiger partial charge is 0.0922 e. The molecule has 0 amide bonds. The molecule has 2 rings (SSSR count). The maximum absolute atomic E-state index is 9.88. The van der Waals surface area contributed by atoms with E-state index in [1.807, 2.05) is 16.8 Å². The predicted molar refractivity (Wildman–Crippen MR) is 71.1 cm³/mol. The summed E-state index contributed by atoms with van der Waals surface area (Å²) in [5.74, 6) is 0. The molecular weight excluding hydrogens is 232 g/mol. The molecule has 92 valence electrons. The van der Waals surface area contributed by atoms with Crippen molar-refractivity contribution in [1.82, 2.24) is 9.88 Å². The fraction of sp³-hybridized carbons (Fsp3) is 0.385. The maximum atomic E-state index is 9.88. The second kappa shape index (κ2) is 6.00. The van der Waals surface area contributed by atoms with Crippen molar-refractivity contribution >= 4 is 11.3 Å². The first kappa shape index (κ1) is 12.4. The normalized spacial score (nSPS) is 12.8. The van der Waals surface area contributed by atoms with Gasteiger partial charge >= 0.3 is 0 Å². The monoisotopic (exact) mass is 250 g/mol. The van der Waals surface area contributed by atoms with Crippen LogP contribution in [-0.2, 0) is 13.1 Å². The van der Waals surface area contributed by atoms with Crippen molar-refractivity contribution in [3.05, 3.63) is 46.4 Å². The minimum Gasteiger partial charge on any atom is -0.387 e. The summed E-state index contributed by atoms with van der Waals surface area (Å²) < 4.78 is 2.15. The summed E-state index contributed by atoms with van der Waals surface area (Å²) in [6.07, 6.45) is 3.80. The van der Waals surface area contributed by atoms with Gasteiger partial charge in [0.2, 0.25) is 0 Å². The molecular formula is C13H18N2OS. The standard InChI is InChI=1S/C13H18N2OS/c1-2-15-5-3-11(9-15)7-14-8-13(16)12-4-6-17-10-12/h3-6,9-10,13-14,16H,2,7-8H2,1H3. The van der Waals surface area contributed by atoms with Crippen molar-refractivity contribution in [3.63, 3.8) is 0 Å². The molecule has 0 fully saturated rings. The number of aliphatic hydroxyl groups excluding tert-OH is 1. The van der Waals surface area contributed by atoms with E-state index < -0.39 is 6.10 Å². The van der Waals surface area contributed by atoms with Crippen molar-refractivity contribution in [1.29, 1.82) is 0 Å². The molecule has 0 saturated heterocycles. The molecule has 0 spiro atoms. The first-order valence-corrected chi connectivity index (χ1v) is 6.79. The lowest BCUT2D eigenvalue weighted by Crippen LogP contribution is -2.20. The summed E-state index contributed by atoms with van der Waals surface area (Å²) in [5, 5.41) is 17.1. The molecule has 4 heteroatoms. The molecule has 0 aliphatic heterocycles. The minimum absolute atomic E-state index is 0.408. The fourth-order valence-corrected chi connectivity index (χ4v) is 2.43. The number of hydrogen-bond acceptors (Lipinski definition) is 3. The Hall–Kier alpha value is -1.10. The molecule has 0 bridgehead atoms. The topological polar surface area (TPSA) is 37.2 Å². The minimum atomic E-state index is -0.408. The van der Waals surface area contributed by atoms with Gasteiger partial charge in [0.05, 0.1) is 6.10 Å². The molecule has 1 atom stereocenters. The number of aryl methyl sites for hydroxylation is 1. The average molecular weight is 250 g/mol. The molecule has 0 aromatic carbocycles. The van der Waals surface area contributed by atoms with Gasteiger partial charge in [0, 0.05) is 32.0 Å². The molecule has 0 aliphatic carbocycles. The summed E-state index contributed by atoms with van der Waals surface area (Å²) in [6, 6.07) is 4.07. The maximum Gasteiger partial charge on any atom is 0.0922 e. The summed E-state index contributed by atoms with van der Waals surface area (Å²) in [6.45, 7) is 4.51. The summed E-state index contributed by atoms with van der Waals surface area (Å²) in [5.41, 5.74) is 2.25. The summed E-state index contributed by atoms with van der Waals surface area (Å²) >= 11 is 1.61. The highest BCUT2D eigenvalue weighted by Crippen LogP contribution is 2.15. The largest absolute Gasteiger partial charge is 0.387 e. The number of nitrogens with zero attached hydrogens (tertiary/aromatic N) is 1. The zero-order valence-corrected chi connectivity index (χ0v) is 10.8. The molecule has 2 aromatic heterocycles. The van der Waals surface area contributed by atoms with Crippen LogP contribution < -0.4 is 5.32 Å². The van der Waals surface area contributed by atoms with Crippen molar-refractivity contribution in [2.45, 2.75) is 26.1 Å². The van der Waals surface area contributed by atoms with Crippen LogP contribution in [0, 0.1) is 0 Å². The summed E-state index contributed by atoms with van der Waals surface area (Å²) in [7, 11) is 0. The van der Waals surface area contributed by atoms with E-state index in [9.17, 15) is 5.11 Å². The number of hydrogen-bond donors (Lipinski definition) is 2. The second-order valence-electron chi connectivity index (χ2n) is 4.05. The first-order valence-electron chi connectivity index (χ1n) is 5.85. The molecule has 17 heavy (non-hydrogen) atoms. The van der Waals surface area contributed by atoms with E-state index in [1.54, 1.807) is 11.3 Å². The molecule has 2 aromatic rings. The number of aromatic nitrogens is 1. The van der Waals surface area contributed by atoms with Crippen molar-refractivity contribution in [3.8, 4) is 0 Å². The Balaban J connectivity index is 1.76. The fourth-order valence-electron chi connectivity index (χ4n) is 1.73. The van der Waals surface area contributed by atoms with Crippen LogP contribution in [0.2, 0.25) is 0 Å². The highest BCUT2D eigenvalue weighted by Gasteiger charge is 2.06. The van der Waals surface area contributed by atoms with Gasteiger partial charge in [-0.1, -0.05) is 0 Å². The van der Waals surface area contributed by atoms with E-state index in [-0.39, 0.29) is 0 Å². The van der Waals surface area contributed by atoms with Gasteiger partial charge in [-0.3, -0.25) is 0 Å². The zero-order chi connectivity index (χ0) is 12.1. The second-order valence-corrected chi connectivity index (χ2v) is 4.83. The lowest BCUT2D eigenvalue weighted by atomic mass is 10.2. The van der Waals surface area contributed by atoms with Crippen LogP contribution in [0.5, 0.6) is 0 Å². The third-order valence-electron chi connectivity index (χ3n) is 2.77.